The van der Waals surface area contributed by atoms with Crippen molar-refractivity contribution in [2.45, 2.75) is 39.0 Å². The number of nitrogens with one attached hydrogen (secondary N) is 1. The zero-order chi connectivity index (χ0) is 20.3. The van der Waals surface area contributed by atoms with E-state index in [-0.39, 0.29) is 29.6 Å². The van der Waals surface area contributed by atoms with E-state index in [9.17, 15) is 9.59 Å². The van der Waals surface area contributed by atoms with Crippen LogP contribution >= 0.6 is 0 Å². The van der Waals surface area contributed by atoms with Crippen LogP contribution in [0.3, 0.4) is 0 Å². The topological polar surface area (TPSA) is 67.9 Å². The fraction of sp³-hybridized carbons (Fsp3) is 0.636. The predicted molar refractivity (Wildman–Crippen MR) is 108 cm³/mol. The smallest absolute Gasteiger partial charge is 0.225 e. The largest absolute Gasteiger partial charge is 0.497 e. The molecule has 1 N–H and O–H groups in total. The summed E-state index contributed by atoms with van der Waals surface area (Å²) in [6, 6.07) is 5.65. The molecule has 6 heteroatoms. The van der Waals surface area contributed by atoms with Crippen LogP contribution in [0, 0.1) is 17.8 Å². The van der Waals surface area contributed by atoms with Gasteiger partial charge in [0.2, 0.25) is 11.8 Å². The van der Waals surface area contributed by atoms with E-state index >= 15 is 0 Å². The molecule has 2 amide bonds. The molecule has 1 aliphatic heterocycles. The first-order valence-electron chi connectivity index (χ1n) is 10.2. The Bertz CT molecular complexity index is 714. The highest BCUT2D eigenvalue weighted by atomic mass is 16.5. The van der Waals surface area contributed by atoms with Crippen LogP contribution in [0.2, 0.25) is 0 Å². The van der Waals surface area contributed by atoms with Crippen LogP contribution in [0.25, 0.3) is 0 Å². The van der Waals surface area contributed by atoms with Crippen molar-refractivity contribution in [3.05, 3.63) is 23.8 Å². The molecule has 2 aliphatic rings. The SMILES string of the molecule is COc1ccc(OC)c(C2CN(C(=O)C3CC3)CC2C(=O)NCCC(C)C)c1. The molecule has 2 fully saturated rings. The molecule has 1 aromatic rings. The van der Waals surface area contributed by atoms with Gasteiger partial charge in [-0.3, -0.25) is 9.59 Å². The molecular formula is C22H32N2O4. The van der Waals surface area contributed by atoms with Gasteiger partial charge in [-0.25, -0.2) is 0 Å². The van der Waals surface area contributed by atoms with Gasteiger partial charge in [0, 0.05) is 37.0 Å². The lowest BCUT2D eigenvalue weighted by molar-refractivity contribution is -0.132. The third-order valence-corrected chi connectivity index (χ3v) is 5.75. The average molecular weight is 389 g/mol. The molecule has 154 valence electrons. The second kappa shape index (κ2) is 8.84. The maximum absolute atomic E-state index is 13.0. The van der Waals surface area contributed by atoms with E-state index in [1.165, 1.54) is 0 Å². The predicted octanol–water partition coefficient (Wildman–Crippen LogP) is 2.82. The Morgan fingerprint density at radius 2 is 1.93 bits per heavy atom. The zero-order valence-corrected chi connectivity index (χ0v) is 17.4. The van der Waals surface area contributed by atoms with Crippen LogP contribution in [-0.2, 0) is 9.59 Å². The van der Waals surface area contributed by atoms with E-state index in [1.807, 2.05) is 23.1 Å². The van der Waals surface area contributed by atoms with Crippen LogP contribution < -0.4 is 14.8 Å². The number of carbonyl (C=O) groups is 2. The lowest BCUT2D eigenvalue weighted by Crippen LogP contribution is -2.36. The van der Waals surface area contributed by atoms with E-state index in [2.05, 4.69) is 19.2 Å². The van der Waals surface area contributed by atoms with Crippen LogP contribution in [0.4, 0.5) is 0 Å². The molecule has 28 heavy (non-hydrogen) atoms. The molecule has 2 atom stereocenters. The molecule has 0 radical (unpaired) electrons. The van der Waals surface area contributed by atoms with Crippen LogP contribution in [-0.4, -0.2) is 50.6 Å². The second-order valence-corrected chi connectivity index (χ2v) is 8.31. The van der Waals surface area contributed by atoms with Gasteiger partial charge in [-0.1, -0.05) is 13.8 Å². The molecular weight excluding hydrogens is 356 g/mol. The quantitative estimate of drug-likeness (QED) is 0.744. The van der Waals surface area contributed by atoms with Gasteiger partial charge in [0.05, 0.1) is 20.1 Å². The first-order valence-corrected chi connectivity index (χ1v) is 10.2. The van der Waals surface area contributed by atoms with Gasteiger partial charge < -0.3 is 19.7 Å². The molecule has 1 aliphatic carbocycles. The van der Waals surface area contributed by atoms with Crippen molar-refractivity contribution in [3.63, 3.8) is 0 Å². The molecule has 1 heterocycles. The van der Waals surface area contributed by atoms with Gasteiger partial charge in [-0.05, 0) is 43.4 Å². The maximum atomic E-state index is 13.0. The molecule has 6 nitrogen and oxygen atoms in total. The lowest BCUT2D eigenvalue weighted by Gasteiger charge is -2.21. The lowest BCUT2D eigenvalue weighted by atomic mass is 9.87. The minimum absolute atomic E-state index is 0.0154. The summed E-state index contributed by atoms with van der Waals surface area (Å²) in [5.74, 6) is 1.95. The van der Waals surface area contributed by atoms with E-state index < -0.39 is 0 Å². The summed E-state index contributed by atoms with van der Waals surface area (Å²) in [6.07, 6.45) is 2.87. The fourth-order valence-corrected chi connectivity index (χ4v) is 3.90. The van der Waals surface area contributed by atoms with Gasteiger partial charge in [-0.2, -0.15) is 0 Å². The Labute approximate surface area is 167 Å². The standard InChI is InChI=1S/C22H32N2O4/c1-14(2)9-10-23-21(25)19-13-24(22(26)15-5-6-15)12-18(19)17-11-16(27-3)7-8-20(17)28-4/h7-8,11,14-15,18-19H,5-6,9-10,12-13H2,1-4H3,(H,23,25). The average Bonchev–Trinajstić information content (AvgIpc) is 3.44. The van der Waals surface area contributed by atoms with Crippen molar-refractivity contribution in [1.82, 2.24) is 10.2 Å². The number of benzene rings is 1. The maximum Gasteiger partial charge on any atom is 0.225 e. The number of methoxy groups -OCH3 is 2. The van der Waals surface area contributed by atoms with E-state index in [0.717, 1.165) is 36.3 Å². The third-order valence-electron chi connectivity index (χ3n) is 5.75. The highest BCUT2D eigenvalue weighted by molar-refractivity contribution is 5.85. The van der Waals surface area contributed by atoms with E-state index in [1.54, 1.807) is 14.2 Å². The van der Waals surface area contributed by atoms with Gasteiger partial charge in [-0.15, -0.1) is 0 Å². The second-order valence-electron chi connectivity index (χ2n) is 8.31. The van der Waals surface area contributed by atoms with E-state index in [0.29, 0.717) is 25.6 Å². The highest BCUT2D eigenvalue weighted by Crippen LogP contribution is 2.41. The fourth-order valence-electron chi connectivity index (χ4n) is 3.90. The molecule has 0 aromatic heterocycles. The molecule has 0 spiro atoms. The number of nitrogens with zero attached hydrogens (tertiary/aromatic N) is 1. The normalized spacial score (nSPS) is 21.7. The van der Waals surface area contributed by atoms with Crippen LogP contribution in [0.15, 0.2) is 18.2 Å². The van der Waals surface area contributed by atoms with Gasteiger partial charge in [0.25, 0.3) is 0 Å². The highest BCUT2D eigenvalue weighted by Gasteiger charge is 2.44. The Morgan fingerprint density at radius 3 is 2.54 bits per heavy atom. The van der Waals surface area contributed by atoms with Crippen molar-refractivity contribution in [3.8, 4) is 11.5 Å². The van der Waals surface area contributed by atoms with Crippen molar-refractivity contribution < 1.29 is 19.1 Å². The number of hydrogen-bond acceptors (Lipinski definition) is 4. The Hall–Kier alpha value is -2.24. The van der Waals surface area contributed by atoms with Crippen molar-refractivity contribution in [2.24, 2.45) is 17.8 Å². The van der Waals surface area contributed by atoms with Crippen molar-refractivity contribution in [1.29, 1.82) is 0 Å². The zero-order valence-electron chi connectivity index (χ0n) is 17.4. The number of rotatable bonds is 8. The van der Waals surface area contributed by atoms with Crippen LogP contribution in [0.1, 0.15) is 44.6 Å². The Balaban J connectivity index is 1.84. The number of ether oxygens (including phenoxy) is 2. The summed E-state index contributed by atoms with van der Waals surface area (Å²) in [4.78, 5) is 27.5. The monoisotopic (exact) mass is 388 g/mol. The summed E-state index contributed by atoms with van der Waals surface area (Å²) >= 11 is 0. The first-order chi connectivity index (χ1) is 13.4. The minimum atomic E-state index is -0.282. The molecule has 1 saturated carbocycles. The molecule has 1 saturated heterocycles. The Morgan fingerprint density at radius 1 is 1.18 bits per heavy atom. The molecule has 3 rings (SSSR count). The van der Waals surface area contributed by atoms with E-state index in [4.69, 9.17) is 9.47 Å². The van der Waals surface area contributed by atoms with Crippen molar-refractivity contribution in [2.75, 3.05) is 33.9 Å². The number of amides is 2. The van der Waals surface area contributed by atoms with Crippen molar-refractivity contribution >= 4 is 11.8 Å². The third kappa shape index (κ3) is 4.59. The molecule has 0 bridgehead atoms. The van der Waals surface area contributed by atoms with Crippen LogP contribution in [0.5, 0.6) is 11.5 Å². The number of carbonyl (C=O) groups excluding carboxylic acids is 2. The summed E-state index contributed by atoms with van der Waals surface area (Å²) in [5, 5.41) is 3.08. The molecule has 2 unspecified atom stereocenters. The van der Waals surface area contributed by atoms with Gasteiger partial charge in [0.15, 0.2) is 0 Å². The summed E-state index contributed by atoms with van der Waals surface area (Å²) in [7, 11) is 3.25. The summed E-state index contributed by atoms with van der Waals surface area (Å²) in [6.45, 7) is 5.95. The first kappa shape index (κ1) is 20.5. The van der Waals surface area contributed by atoms with Gasteiger partial charge >= 0.3 is 0 Å². The molecule has 1 aromatic carbocycles. The number of hydrogen-bond donors (Lipinski definition) is 1. The Kier molecular flexibility index (Phi) is 6.47. The number of likely N-dealkylation sites (tertiary alicyclic amines) is 1. The summed E-state index contributed by atoms with van der Waals surface area (Å²) < 4.78 is 10.9. The van der Waals surface area contributed by atoms with Gasteiger partial charge in [0.1, 0.15) is 11.5 Å². The summed E-state index contributed by atoms with van der Waals surface area (Å²) in [5.41, 5.74) is 0.928. The minimum Gasteiger partial charge on any atom is -0.497 e.